The van der Waals surface area contributed by atoms with E-state index in [4.69, 9.17) is 11.5 Å². The normalized spacial score (nSPS) is 12.4. The summed E-state index contributed by atoms with van der Waals surface area (Å²) in [6.07, 6.45) is 10.8. The van der Waals surface area contributed by atoms with Crippen LogP contribution in [0.25, 0.3) is 5.70 Å². The lowest BCUT2D eigenvalue weighted by atomic mass is 10.0. The van der Waals surface area contributed by atoms with Gasteiger partial charge in [-0.2, -0.15) is 0 Å². The van der Waals surface area contributed by atoms with E-state index in [0.717, 1.165) is 41.2 Å². The number of nitrogens with two attached hydrogens (primary N) is 2. The van der Waals surface area contributed by atoms with Crippen LogP contribution in [-0.2, 0) is 0 Å². The van der Waals surface area contributed by atoms with Gasteiger partial charge >= 0.3 is 0 Å². The maximum absolute atomic E-state index is 6.51. The van der Waals surface area contributed by atoms with Gasteiger partial charge in [0.15, 0.2) is 0 Å². The molecule has 0 heterocycles. The summed E-state index contributed by atoms with van der Waals surface area (Å²) >= 11 is 0. The fourth-order valence-corrected chi connectivity index (χ4v) is 2.65. The minimum Gasteiger partial charge on any atom is -0.397 e. The molecule has 0 aliphatic rings. The van der Waals surface area contributed by atoms with Crippen molar-refractivity contribution in [1.29, 1.82) is 0 Å². The number of hydrogen-bond donors (Lipinski definition) is 4. The van der Waals surface area contributed by atoms with Crippen LogP contribution in [-0.4, -0.2) is 25.5 Å². The molecule has 34 heavy (non-hydrogen) atoms. The van der Waals surface area contributed by atoms with Gasteiger partial charge in [0.2, 0.25) is 0 Å². The summed E-state index contributed by atoms with van der Waals surface area (Å²) in [5.74, 6) is 0.868. The molecule has 0 amide bonds. The molecule has 5 heteroatoms. The lowest BCUT2D eigenvalue weighted by Crippen LogP contribution is -2.20. The molecule has 1 aromatic carbocycles. The predicted octanol–water partition coefficient (Wildman–Crippen LogP) is 6.21. The van der Waals surface area contributed by atoms with Crippen molar-refractivity contribution in [2.24, 2.45) is 16.5 Å². The van der Waals surface area contributed by atoms with Crippen molar-refractivity contribution < 1.29 is 0 Å². The van der Waals surface area contributed by atoms with Crippen molar-refractivity contribution >= 4 is 11.5 Å². The Morgan fingerprint density at radius 3 is 2.24 bits per heavy atom. The maximum Gasteiger partial charge on any atom is 0.0970 e. The van der Waals surface area contributed by atoms with E-state index in [1.54, 1.807) is 0 Å². The molecule has 0 aliphatic heterocycles. The number of hydrogen-bond acceptors (Lipinski definition) is 4. The van der Waals surface area contributed by atoms with Crippen LogP contribution in [0.5, 0.6) is 0 Å². The predicted molar refractivity (Wildman–Crippen MR) is 155 cm³/mol. The zero-order chi connectivity index (χ0) is 26.4. The molecule has 0 aliphatic carbocycles. The van der Waals surface area contributed by atoms with Crippen molar-refractivity contribution in [2.75, 3.05) is 19.6 Å². The van der Waals surface area contributed by atoms with Crippen LogP contribution in [0.2, 0.25) is 0 Å². The van der Waals surface area contributed by atoms with E-state index < -0.39 is 0 Å². The minimum atomic E-state index is 0.486. The van der Waals surface area contributed by atoms with Crippen molar-refractivity contribution in [3.63, 3.8) is 0 Å². The third kappa shape index (κ3) is 14.2. The highest BCUT2D eigenvalue weighted by Crippen LogP contribution is 2.18. The van der Waals surface area contributed by atoms with Crippen molar-refractivity contribution in [3.8, 4) is 0 Å². The van der Waals surface area contributed by atoms with E-state index in [-0.39, 0.29) is 0 Å². The van der Waals surface area contributed by atoms with Gasteiger partial charge in [-0.05, 0) is 50.0 Å². The molecule has 0 atom stereocenters. The van der Waals surface area contributed by atoms with E-state index in [9.17, 15) is 0 Å². The standard InChI is InChI=1S/C25H37N5.2C2H6/c1-6-8-22(18-26)14-17-30-25(24(27)23-11-9-19(3)10-12-23)20(4)13-16-29-21(5)28-15-7-2;2*1-2/h6,8-14,16,30H,4,7,15,17-18,26-27H2,1-3,5H3,(H,28,29);2*1-2H3/b8-6-,16-13-,22-14+,25-24-;;. The van der Waals surface area contributed by atoms with Gasteiger partial charge in [0.25, 0.3) is 0 Å². The molecule has 1 rings (SSSR count). The number of nitrogens with zero attached hydrogens (tertiary/aromatic N) is 1. The lowest BCUT2D eigenvalue weighted by molar-refractivity contribution is 0.913. The third-order valence-electron chi connectivity index (χ3n) is 4.36. The van der Waals surface area contributed by atoms with Gasteiger partial charge in [0.1, 0.15) is 0 Å². The number of allylic oxidation sites excluding steroid dienone is 2. The smallest absolute Gasteiger partial charge is 0.0970 e. The van der Waals surface area contributed by atoms with Gasteiger partial charge in [-0.15, -0.1) is 0 Å². The largest absolute Gasteiger partial charge is 0.397 e. The van der Waals surface area contributed by atoms with Gasteiger partial charge in [-0.25, -0.2) is 0 Å². The first-order valence-electron chi connectivity index (χ1n) is 12.4. The van der Waals surface area contributed by atoms with Gasteiger partial charge in [0, 0.05) is 25.8 Å². The van der Waals surface area contributed by atoms with Crippen molar-refractivity contribution in [1.82, 2.24) is 10.6 Å². The number of aryl methyl sites for hydroxylation is 1. The summed E-state index contributed by atoms with van der Waals surface area (Å²) in [7, 11) is 0. The number of nitrogens with one attached hydrogen (secondary N) is 2. The SMILES string of the molecule is C=C(/C=C\NC(C)=NCCC)/C(NC/C=C(\C=C/C)CN)=C(/N)c1ccc(C)cc1.CC.CC. The summed E-state index contributed by atoms with van der Waals surface area (Å²) in [6.45, 7) is 22.2. The van der Waals surface area contributed by atoms with Crippen LogP contribution in [0.4, 0.5) is 0 Å². The van der Waals surface area contributed by atoms with Gasteiger partial charge < -0.3 is 22.1 Å². The van der Waals surface area contributed by atoms with E-state index in [1.165, 1.54) is 5.56 Å². The zero-order valence-electron chi connectivity index (χ0n) is 22.8. The van der Waals surface area contributed by atoms with E-state index in [1.807, 2.05) is 90.2 Å². The molecule has 1 aromatic rings. The number of benzene rings is 1. The van der Waals surface area contributed by atoms with E-state index in [2.05, 4.69) is 42.1 Å². The molecule has 190 valence electrons. The van der Waals surface area contributed by atoms with Crippen LogP contribution in [0.3, 0.4) is 0 Å². The molecule has 0 saturated carbocycles. The summed E-state index contributed by atoms with van der Waals surface area (Å²) in [5.41, 5.74) is 17.7. The summed E-state index contributed by atoms with van der Waals surface area (Å²) in [4.78, 5) is 4.42. The van der Waals surface area contributed by atoms with Crippen LogP contribution in [0.1, 0.15) is 66.0 Å². The number of aliphatic imine (C=N–C) groups is 1. The average molecular weight is 468 g/mol. The Bertz CT molecular complexity index is 825. The van der Waals surface area contributed by atoms with Crippen LogP contribution in [0.15, 0.2) is 83.2 Å². The van der Waals surface area contributed by atoms with E-state index >= 15 is 0 Å². The van der Waals surface area contributed by atoms with Gasteiger partial charge in [-0.1, -0.05) is 89.3 Å². The highest BCUT2D eigenvalue weighted by atomic mass is 15.0. The molecule has 6 N–H and O–H groups in total. The third-order valence-corrected chi connectivity index (χ3v) is 4.36. The fourth-order valence-electron chi connectivity index (χ4n) is 2.65. The average Bonchev–Trinajstić information content (AvgIpc) is 2.87. The Kier molecular flexibility index (Phi) is 21.2. The fraction of sp³-hybridized carbons (Fsp3) is 0.414. The Morgan fingerprint density at radius 1 is 1.09 bits per heavy atom. The van der Waals surface area contributed by atoms with Crippen molar-refractivity contribution in [2.45, 2.75) is 61.8 Å². The topological polar surface area (TPSA) is 88.5 Å². The second-order valence-electron chi connectivity index (χ2n) is 6.99. The summed E-state index contributed by atoms with van der Waals surface area (Å²) in [5, 5.41) is 6.58. The first-order chi connectivity index (χ1) is 16.4. The van der Waals surface area contributed by atoms with Crippen LogP contribution >= 0.6 is 0 Å². The van der Waals surface area contributed by atoms with E-state index in [0.29, 0.717) is 18.8 Å². The summed E-state index contributed by atoms with van der Waals surface area (Å²) < 4.78 is 0. The Hall–Kier alpha value is -3.05. The number of rotatable bonds is 11. The zero-order valence-corrected chi connectivity index (χ0v) is 22.8. The van der Waals surface area contributed by atoms with Crippen LogP contribution in [0, 0.1) is 6.92 Å². The first kappa shape index (κ1) is 33.1. The van der Waals surface area contributed by atoms with Gasteiger partial charge in [0.05, 0.1) is 17.2 Å². The molecular weight excluding hydrogens is 418 g/mol. The van der Waals surface area contributed by atoms with Gasteiger partial charge in [-0.3, -0.25) is 4.99 Å². The number of amidine groups is 1. The highest BCUT2D eigenvalue weighted by molar-refractivity contribution is 5.80. The molecule has 0 bridgehead atoms. The Balaban J connectivity index is 0. The Labute approximate surface area is 209 Å². The second kappa shape index (κ2) is 21.8. The minimum absolute atomic E-state index is 0.486. The molecule has 0 radical (unpaired) electrons. The Morgan fingerprint density at radius 2 is 1.71 bits per heavy atom. The van der Waals surface area contributed by atoms with Crippen molar-refractivity contribution in [3.05, 3.63) is 89.3 Å². The molecule has 0 unspecified atom stereocenters. The van der Waals surface area contributed by atoms with Crippen LogP contribution < -0.4 is 22.1 Å². The molecular formula is C29H49N5. The molecule has 0 saturated heterocycles. The quantitative estimate of drug-likeness (QED) is 0.177. The second-order valence-corrected chi connectivity index (χ2v) is 6.99. The molecule has 0 aromatic heterocycles. The lowest BCUT2D eigenvalue weighted by Gasteiger charge is -2.15. The highest BCUT2D eigenvalue weighted by Gasteiger charge is 2.08. The maximum atomic E-state index is 6.51. The molecule has 0 fully saturated rings. The monoisotopic (exact) mass is 467 g/mol. The first-order valence-corrected chi connectivity index (χ1v) is 12.4. The molecule has 0 spiro atoms. The summed E-state index contributed by atoms with van der Waals surface area (Å²) in [6, 6.07) is 8.13. The molecule has 5 nitrogen and oxygen atoms in total.